The van der Waals surface area contributed by atoms with E-state index in [1.807, 2.05) is 24.3 Å². The average molecular weight is 280 g/mol. The van der Waals surface area contributed by atoms with E-state index in [1.54, 1.807) is 0 Å². The van der Waals surface area contributed by atoms with Crippen LogP contribution in [0.2, 0.25) is 0 Å². The minimum absolute atomic E-state index is 0.0226. The summed E-state index contributed by atoms with van der Waals surface area (Å²) in [5, 5.41) is 29.6. The minimum atomic E-state index is -1.31. The van der Waals surface area contributed by atoms with Gasteiger partial charge in [0.25, 0.3) is 0 Å². The molecule has 0 aromatic heterocycles. The molecule has 0 aliphatic carbocycles. The van der Waals surface area contributed by atoms with Crippen LogP contribution in [0.5, 0.6) is 0 Å². The molecule has 1 aromatic rings. The first-order valence-corrected chi connectivity index (χ1v) is 7.04. The van der Waals surface area contributed by atoms with Gasteiger partial charge in [-0.3, -0.25) is 0 Å². The van der Waals surface area contributed by atoms with Gasteiger partial charge < -0.3 is 24.8 Å². The third-order valence-corrected chi connectivity index (χ3v) is 4.13. The van der Waals surface area contributed by atoms with Gasteiger partial charge in [-0.1, -0.05) is 24.3 Å². The molecule has 0 amide bonds. The van der Waals surface area contributed by atoms with Gasteiger partial charge >= 0.3 is 0 Å². The molecule has 4 atom stereocenters. The second-order valence-corrected chi connectivity index (χ2v) is 5.42. The Hall–Kier alpha value is -0.980. The zero-order valence-electron chi connectivity index (χ0n) is 11.2. The van der Waals surface area contributed by atoms with Crippen LogP contribution in [0.25, 0.3) is 0 Å². The Morgan fingerprint density at radius 1 is 1.25 bits per heavy atom. The normalized spacial score (nSPS) is 36.9. The topological polar surface area (TPSA) is 79.2 Å². The second-order valence-electron chi connectivity index (χ2n) is 5.42. The number of ether oxygens (including phenoxy) is 2. The molecule has 1 spiro atoms. The number of rotatable bonds is 2. The first-order valence-electron chi connectivity index (χ1n) is 7.04. The smallest absolute Gasteiger partial charge is 0.225 e. The van der Waals surface area contributed by atoms with E-state index in [0.717, 1.165) is 17.5 Å². The summed E-state index contributed by atoms with van der Waals surface area (Å²) in [6.07, 6.45) is -0.907. The molecule has 0 radical (unpaired) electrons. The predicted molar refractivity (Wildman–Crippen MR) is 71.0 cm³/mol. The standard InChI is InChI=1S/C15H20O5/c16-7-5-11-9-13(17)14(18)15(20-11)12-4-2-1-3-10(12)6-8-19-15/h1-4,11,13-14,16-18H,5-9H2/t11-,13+,14-,15-/m1/s1. The molecule has 3 N–H and O–H groups in total. The van der Waals surface area contributed by atoms with Crippen LogP contribution in [-0.2, 0) is 21.7 Å². The van der Waals surface area contributed by atoms with E-state index in [2.05, 4.69) is 0 Å². The first kappa shape index (κ1) is 14.0. The largest absolute Gasteiger partial charge is 0.396 e. The Balaban J connectivity index is 2.01. The molecule has 0 saturated carbocycles. The van der Waals surface area contributed by atoms with E-state index in [-0.39, 0.29) is 12.7 Å². The van der Waals surface area contributed by atoms with Crippen molar-refractivity contribution in [3.63, 3.8) is 0 Å². The quantitative estimate of drug-likeness (QED) is 0.726. The summed E-state index contributed by atoms with van der Waals surface area (Å²) >= 11 is 0. The highest BCUT2D eigenvalue weighted by atomic mass is 16.7. The van der Waals surface area contributed by atoms with Gasteiger partial charge in [0, 0.05) is 18.6 Å². The first-order chi connectivity index (χ1) is 9.67. The van der Waals surface area contributed by atoms with Crippen molar-refractivity contribution in [2.75, 3.05) is 13.2 Å². The number of fused-ring (bicyclic) bond motifs is 2. The summed E-state index contributed by atoms with van der Waals surface area (Å²) < 4.78 is 11.8. The second kappa shape index (κ2) is 5.42. The van der Waals surface area contributed by atoms with Crippen LogP contribution in [0.3, 0.4) is 0 Å². The summed E-state index contributed by atoms with van der Waals surface area (Å²) in [4.78, 5) is 0. The van der Waals surface area contributed by atoms with Crippen molar-refractivity contribution in [1.29, 1.82) is 0 Å². The maximum Gasteiger partial charge on any atom is 0.225 e. The van der Waals surface area contributed by atoms with E-state index in [1.165, 1.54) is 0 Å². The van der Waals surface area contributed by atoms with Crippen molar-refractivity contribution >= 4 is 0 Å². The summed E-state index contributed by atoms with van der Waals surface area (Å²) in [5.41, 5.74) is 1.84. The molecule has 1 saturated heterocycles. The zero-order valence-corrected chi connectivity index (χ0v) is 11.2. The molecule has 2 aliphatic heterocycles. The number of aliphatic hydroxyl groups is 3. The van der Waals surface area contributed by atoms with Crippen molar-refractivity contribution in [3.8, 4) is 0 Å². The lowest BCUT2D eigenvalue weighted by Crippen LogP contribution is -2.59. The Labute approximate surface area is 117 Å². The molecule has 1 aromatic carbocycles. The highest BCUT2D eigenvalue weighted by molar-refractivity contribution is 5.34. The number of hydrogen-bond acceptors (Lipinski definition) is 5. The number of aliphatic hydroxyl groups excluding tert-OH is 3. The Morgan fingerprint density at radius 2 is 2.05 bits per heavy atom. The highest BCUT2D eigenvalue weighted by Crippen LogP contribution is 2.43. The Bertz CT molecular complexity index is 477. The molecule has 5 nitrogen and oxygen atoms in total. The maximum absolute atomic E-state index is 10.4. The van der Waals surface area contributed by atoms with Gasteiger partial charge in [-0.15, -0.1) is 0 Å². The number of benzene rings is 1. The lowest BCUT2D eigenvalue weighted by molar-refractivity contribution is -0.355. The molecule has 0 bridgehead atoms. The highest BCUT2D eigenvalue weighted by Gasteiger charge is 2.53. The van der Waals surface area contributed by atoms with Gasteiger partial charge in [0.2, 0.25) is 5.79 Å². The van der Waals surface area contributed by atoms with Crippen molar-refractivity contribution in [2.24, 2.45) is 0 Å². The van der Waals surface area contributed by atoms with E-state index in [9.17, 15) is 10.2 Å². The molecular formula is C15H20O5. The predicted octanol–water partition coefficient (Wildman–Crippen LogP) is 0.305. The molecule has 2 heterocycles. The van der Waals surface area contributed by atoms with Gasteiger partial charge in [0.05, 0.1) is 18.8 Å². The van der Waals surface area contributed by atoms with Crippen molar-refractivity contribution in [3.05, 3.63) is 35.4 Å². The van der Waals surface area contributed by atoms with Crippen LogP contribution in [0, 0.1) is 0 Å². The molecule has 110 valence electrons. The Morgan fingerprint density at radius 3 is 2.85 bits per heavy atom. The number of hydrogen-bond donors (Lipinski definition) is 3. The molecule has 0 unspecified atom stereocenters. The van der Waals surface area contributed by atoms with Gasteiger partial charge in [-0.25, -0.2) is 0 Å². The summed E-state index contributed by atoms with van der Waals surface area (Å²) in [6, 6.07) is 7.66. The lowest BCUT2D eigenvalue weighted by Gasteiger charge is -2.48. The molecule has 1 fully saturated rings. The SMILES string of the molecule is OCC[C@@H]1C[C@H](O)[C@@H](O)[C@]2(OCCc3ccccc32)O1. The fourth-order valence-corrected chi connectivity index (χ4v) is 3.15. The van der Waals surface area contributed by atoms with Crippen molar-refractivity contribution in [2.45, 2.75) is 43.4 Å². The van der Waals surface area contributed by atoms with Crippen LogP contribution in [0.4, 0.5) is 0 Å². The van der Waals surface area contributed by atoms with Crippen LogP contribution >= 0.6 is 0 Å². The van der Waals surface area contributed by atoms with E-state index in [4.69, 9.17) is 14.6 Å². The van der Waals surface area contributed by atoms with Gasteiger partial charge in [0.1, 0.15) is 6.10 Å². The monoisotopic (exact) mass is 280 g/mol. The van der Waals surface area contributed by atoms with Crippen LogP contribution in [-0.4, -0.2) is 46.8 Å². The maximum atomic E-state index is 10.4. The molecule has 3 rings (SSSR count). The zero-order chi connectivity index (χ0) is 14.2. The average Bonchev–Trinajstić information content (AvgIpc) is 2.45. The van der Waals surface area contributed by atoms with E-state index < -0.39 is 18.0 Å². The van der Waals surface area contributed by atoms with Crippen LogP contribution < -0.4 is 0 Å². The third-order valence-electron chi connectivity index (χ3n) is 4.13. The van der Waals surface area contributed by atoms with E-state index >= 15 is 0 Å². The summed E-state index contributed by atoms with van der Waals surface area (Å²) in [6.45, 7) is 0.415. The van der Waals surface area contributed by atoms with E-state index in [0.29, 0.717) is 19.4 Å². The fraction of sp³-hybridized carbons (Fsp3) is 0.600. The van der Waals surface area contributed by atoms with Gasteiger partial charge in [-0.05, 0) is 18.4 Å². The fourth-order valence-electron chi connectivity index (χ4n) is 3.15. The van der Waals surface area contributed by atoms with Gasteiger partial charge in [-0.2, -0.15) is 0 Å². The minimum Gasteiger partial charge on any atom is -0.396 e. The Kier molecular flexibility index (Phi) is 3.79. The van der Waals surface area contributed by atoms with Crippen molar-refractivity contribution < 1.29 is 24.8 Å². The summed E-state index contributed by atoms with van der Waals surface area (Å²) in [7, 11) is 0. The van der Waals surface area contributed by atoms with Crippen LogP contribution in [0.15, 0.2) is 24.3 Å². The van der Waals surface area contributed by atoms with Gasteiger partial charge in [0.15, 0.2) is 0 Å². The molecule has 2 aliphatic rings. The summed E-state index contributed by atoms with van der Waals surface area (Å²) in [5.74, 6) is -1.31. The third kappa shape index (κ3) is 2.16. The molecular weight excluding hydrogens is 260 g/mol. The van der Waals surface area contributed by atoms with Crippen LogP contribution in [0.1, 0.15) is 24.0 Å². The molecule has 20 heavy (non-hydrogen) atoms. The van der Waals surface area contributed by atoms with Crippen molar-refractivity contribution in [1.82, 2.24) is 0 Å². The lowest BCUT2D eigenvalue weighted by atomic mass is 9.84. The molecule has 5 heteroatoms.